The van der Waals surface area contributed by atoms with Gasteiger partial charge >= 0.3 is 0 Å². The van der Waals surface area contributed by atoms with Crippen molar-refractivity contribution in [3.8, 4) is 0 Å². The zero-order valence-electron chi connectivity index (χ0n) is 13.1. The normalized spacial score (nSPS) is 22.5. The molecular weight excluding hydrogens is 304 g/mol. The Kier molecular flexibility index (Phi) is 5.22. The molecule has 118 valence electrons. The second kappa shape index (κ2) is 6.58. The van der Waals surface area contributed by atoms with E-state index in [1.165, 1.54) is 0 Å². The number of rotatable bonds is 5. The van der Waals surface area contributed by atoms with E-state index in [9.17, 15) is 8.42 Å². The van der Waals surface area contributed by atoms with Gasteiger partial charge < -0.3 is 5.32 Å². The van der Waals surface area contributed by atoms with Crippen LogP contribution < -0.4 is 10.0 Å². The third-order valence-corrected chi connectivity index (χ3v) is 6.98. The van der Waals surface area contributed by atoms with Crippen LogP contribution in [-0.4, -0.2) is 33.0 Å². The average molecular weight is 329 g/mol. The topological polar surface area (TPSA) is 58.2 Å². The summed E-state index contributed by atoms with van der Waals surface area (Å²) >= 11 is 1.83. The van der Waals surface area contributed by atoms with Gasteiger partial charge in [0.2, 0.25) is 10.0 Å². The van der Waals surface area contributed by atoms with Crippen molar-refractivity contribution >= 4 is 27.5 Å². The van der Waals surface area contributed by atoms with Gasteiger partial charge in [-0.25, -0.2) is 13.1 Å². The molecule has 1 saturated carbocycles. The number of anilines is 1. The van der Waals surface area contributed by atoms with Crippen LogP contribution in [-0.2, 0) is 10.0 Å². The van der Waals surface area contributed by atoms with Crippen molar-refractivity contribution in [2.75, 3.05) is 18.6 Å². The van der Waals surface area contributed by atoms with Crippen molar-refractivity contribution in [3.05, 3.63) is 23.3 Å². The van der Waals surface area contributed by atoms with Gasteiger partial charge in [-0.15, -0.1) is 0 Å². The van der Waals surface area contributed by atoms with Crippen LogP contribution >= 0.6 is 11.8 Å². The smallest absolute Gasteiger partial charge is 0.241 e. The van der Waals surface area contributed by atoms with Crippen LogP contribution in [0.2, 0.25) is 0 Å². The van der Waals surface area contributed by atoms with Crippen LogP contribution in [0.5, 0.6) is 0 Å². The molecule has 2 unspecified atom stereocenters. The van der Waals surface area contributed by atoms with E-state index >= 15 is 0 Å². The van der Waals surface area contributed by atoms with E-state index in [0.717, 1.165) is 36.1 Å². The lowest BCUT2D eigenvalue weighted by molar-refractivity contribution is 0.551. The van der Waals surface area contributed by atoms with Crippen molar-refractivity contribution in [1.82, 2.24) is 4.72 Å². The van der Waals surface area contributed by atoms with Gasteiger partial charge in [0, 0.05) is 24.0 Å². The Balaban J connectivity index is 2.24. The third-order valence-electron chi connectivity index (χ3n) is 4.06. The van der Waals surface area contributed by atoms with Crippen LogP contribution in [0.25, 0.3) is 0 Å². The molecular formula is C15H24N2O2S2. The molecule has 2 N–H and O–H groups in total. The lowest BCUT2D eigenvalue weighted by atomic mass is 10.1. The van der Waals surface area contributed by atoms with Gasteiger partial charge in [-0.05, 0) is 62.6 Å². The number of sulfonamides is 1. The van der Waals surface area contributed by atoms with E-state index in [4.69, 9.17) is 0 Å². The van der Waals surface area contributed by atoms with Gasteiger partial charge in [0.25, 0.3) is 0 Å². The first-order valence-corrected chi connectivity index (χ1v) is 9.98. The van der Waals surface area contributed by atoms with Crippen molar-refractivity contribution in [3.63, 3.8) is 0 Å². The second-order valence-corrected chi connectivity index (χ2v) is 8.47. The van der Waals surface area contributed by atoms with Gasteiger partial charge in [0.05, 0.1) is 4.90 Å². The van der Waals surface area contributed by atoms with Crippen LogP contribution in [0.1, 0.15) is 30.4 Å². The zero-order chi connectivity index (χ0) is 15.6. The molecule has 0 bridgehead atoms. The highest BCUT2D eigenvalue weighted by Gasteiger charge is 2.29. The molecule has 0 spiro atoms. The first kappa shape index (κ1) is 16.6. The van der Waals surface area contributed by atoms with E-state index in [1.807, 2.05) is 44.8 Å². The molecule has 6 heteroatoms. The van der Waals surface area contributed by atoms with Crippen LogP contribution in [0.15, 0.2) is 17.0 Å². The van der Waals surface area contributed by atoms with Gasteiger partial charge in [-0.1, -0.05) is 0 Å². The molecule has 0 aromatic heterocycles. The first-order chi connectivity index (χ1) is 9.87. The number of hydrogen-bond acceptors (Lipinski definition) is 4. The quantitative estimate of drug-likeness (QED) is 0.872. The molecule has 21 heavy (non-hydrogen) atoms. The largest absolute Gasteiger partial charge is 0.388 e. The molecule has 4 nitrogen and oxygen atoms in total. The molecule has 0 saturated heterocycles. The number of hydrogen-bond donors (Lipinski definition) is 2. The molecule has 1 aromatic carbocycles. The monoisotopic (exact) mass is 328 g/mol. The highest BCUT2D eigenvalue weighted by Crippen LogP contribution is 2.30. The fraction of sp³-hybridized carbons (Fsp3) is 0.600. The van der Waals surface area contributed by atoms with E-state index in [-0.39, 0.29) is 6.04 Å². The van der Waals surface area contributed by atoms with Crippen molar-refractivity contribution < 1.29 is 8.42 Å². The minimum Gasteiger partial charge on any atom is -0.388 e. The lowest BCUT2D eigenvalue weighted by Crippen LogP contribution is -2.34. The van der Waals surface area contributed by atoms with Gasteiger partial charge in [0.1, 0.15) is 0 Å². The Labute approximate surface area is 132 Å². The number of thioether (sulfide) groups is 1. The summed E-state index contributed by atoms with van der Waals surface area (Å²) in [5.74, 6) is 0. The SMILES string of the molecule is CNc1cc(C)c(S(=O)(=O)NC2CCC(SC)C2)c(C)c1. The minimum absolute atomic E-state index is 0.0650. The Hall–Kier alpha value is -0.720. The summed E-state index contributed by atoms with van der Waals surface area (Å²) in [6.07, 6.45) is 5.03. The molecule has 2 atom stereocenters. The van der Waals surface area contributed by atoms with Crippen molar-refractivity contribution in [1.29, 1.82) is 0 Å². The van der Waals surface area contributed by atoms with Gasteiger partial charge in [0.15, 0.2) is 0 Å². The van der Waals surface area contributed by atoms with E-state index in [1.54, 1.807) is 0 Å². The minimum atomic E-state index is -3.45. The summed E-state index contributed by atoms with van der Waals surface area (Å²) in [5.41, 5.74) is 2.50. The Morgan fingerprint density at radius 3 is 2.29 bits per heavy atom. The molecule has 1 aromatic rings. The maximum absolute atomic E-state index is 12.7. The maximum atomic E-state index is 12.7. The molecule has 0 radical (unpaired) electrons. The highest BCUT2D eigenvalue weighted by molar-refractivity contribution is 7.99. The van der Waals surface area contributed by atoms with Crippen LogP contribution in [0, 0.1) is 13.8 Å². The van der Waals surface area contributed by atoms with E-state index in [0.29, 0.717) is 10.1 Å². The molecule has 2 rings (SSSR count). The summed E-state index contributed by atoms with van der Waals surface area (Å²) in [6, 6.07) is 3.82. The summed E-state index contributed by atoms with van der Waals surface area (Å²) < 4.78 is 28.3. The zero-order valence-corrected chi connectivity index (χ0v) is 14.7. The molecule has 0 heterocycles. The Bertz CT molecular complexity index is 591. The van der Waals surface area contributed by atoms with Crippen LogP contribution in [0.4, 0.5) is 5.69 Å². The maximum Gasteiger partial charge on any atom is 0.241 e. The predicted octanol–water partition coefficient (Wildman–Crippen LogP) is 2.91. The third kappa shape index (κ3) is 3.73. The van der Waals surface area contributed by atoms with Gasteiger partial charge in [-0.3, -0.25) is 0 Å². The summed E-state index contributed by atoms with van der Waals surface area (Å²) in [5, 5.41) is 3.63. The molecule has 0 amide bonds. The first-order valence-electron chi connectivity index (χ1n) is 7.21. The highest BCUT2D eigenvalue weighted by atomic mass is 32.2. The molecule has 1 fully saturated rings. The fourth-order valence-electron chi connectivity index (χ4n) is 3.06. The summed E-state index contributed by atoms with van der Waals surface area (Å²) in [6.45, 7) is 3.70. The summed E-state index contributed by atoms with van der Waals surface area (Å²) in [4.78, 5) is 0.425. The van der Waals surface area contributed by atoms with Gasteiger partial charge in [-0.2, -0.15) is 11.8 Å². The Morgan fingerprint density at radius 1 is 1.19 bits per heavy atom. The van der Waals surface area contributed by atoms with Crippen molar-refractivity contribution in [2.45, 2.75) is 49.3 Å². The predicted molar refractivity (Wildman–Crippen MR) is 90.7 cm³/mol. The molecule has 1 aliphatic carbocycles. The number of benzene rings is 1. The second-order valence-electron chi connectivity index (χ2n) is 5.68. The van der Waals surface area contributed by atoms with E-state index < -0.39 is 10.0 Å². The van der Waals surface area contributed by atoms with E-state index in [2.05, 4.69) is 16.3 Å². The van der Waals surface area contributed by atoms with Crippen LogP contribution in [0.3, 0.4) is 0 Å². The summed E-state index contributed by atoms with van der Waals surface area (Å²) in [7, 11) is -1.61. The number of nitrogens with one attached hydrogen (secondary N) is 2. The Morgan fingerprint density at radius 2 is 1.81 bits per heavy atom. The molecule has 0 aliphatic heterocycles. The lowest BCUT2D eigenvalue weighted by Gasteiger charge is -2.17. The fourth-order valence-corrected chi connectivity index (χ4v) is 5.59. The number of aryl methyl sites for hydroxylation is 2. The standard InChI is InChI=1S/C15H24N2O2S2/c1-10-7-13(16-3)8-11(2)15(10)21(18,19)17-12-5-6-14(9-12)20-4/h7-8,12,14,16-17H,5-6,9H2,1-4H3. The molecule has 1 aliphatic rings. The van der Waals surface area contributed by atoms with Crippen molar-refractivity contribution in [2.24, 2.45) is 0 Å². The average Bonchev–Trinajstić information content (AvgIpc) is 2.84.